The van der Waals surface area contributed by atoms with Crippen LogP contribution in [0, 0.1) is 13.8 Å². The third kappa shape index (κ3) is 2.34. The van der Waals surface area contributed by atoms with Crippen LogP contribution in [0.25, 0.3) is 10.2 Å². The molecule has 0 fully saturated rings. The average molecular weight is 263 g/mol. The molecule has 98 valence electrons. The van der Waals surface area contributed by atoms with E-state index in [4.69, 9.17) is 0 Å². The second kappa shape index (κ2) is 5.65. The monoisotopic (exact) mass is 263 g/mol. The van der Waals surface area contributed by atoms with Gasteiger partial charge in [-0.1, -0.05) is 13.3 Å². The zero-order valence-electron chi connectivity index (χ0n) is 11.7. The van der Waals surface area contributed by atoms with Gasteiger partial charge in [-0.3, -0.25) is 0 Å². The lowest BCUT2D eigenvalue weighted by atomic mass is 10.2. The molecule has 2 rings (SSSR count). The lowest BCUT2D eigenvalue weighted by Crippen LogP contribution is -2.25. The van der Waals surface area contributed by atoms with Crippen LogP contribution in [-0.4, -0.2) is 23.1 Å². The molecule has 2 aromatic heterocycles. The molecule has 0 saturated heterocycles. The molecule has 0 aliphatic carbocycles. The lowest BCUT2D eigenvalue weighted by Gasteiger charge is -2.22. The van der Waals surface area contributed by atoms with Crippen molar-refractivity contribution in [3.63, 3.8) is 0 Å². The van der Waals surface area contributed by atoms with Crippen LogP contribution in [0.5, 0.6) is 0 Å². The Hall–Kier alpha value is -1.16. The normalized spacial score (nSPS) is 11.1. The van der Waals surface area contributed by atoms with Gasteiger partial charge in [0.2, 0.25) is 0 Å². The predicted octanol–water partition coefficient (Wildman–Crippen LogP) is 3.93. The average Bonchev–Trinajstić information content (AvgIpc) is 2.67. The van der Waals surface area contributed by atoms with E-state index in [1.807, 2.05) is 0 Å². The molecule has 0 aliphatic heterocycles. The van der Waals surface area contributed by atoms with Crippen molar-refractivity contribution in [1.82, 2.24) is 9.97 Å². The van der Waals surface area contributed by atoms with Crippen LogP contribution in [0.1, 0.15) is 37.1 Å². The van der Waals surface area contributed by atoms with E-state index < -0.39 is 0 Å². The SMILES string of the molecule is CCCCN(CC)c1ncnc2sc(C)c(C)c12. The Morgan fingerprint density at radius 2 is 2.00 bits per heavy atom. The molecule has 0 N–H and O–H groups in total. The number of anilines is 1. The summed E-state index contributed by atoms with van der Waals surface area (Å²) in [7, 11) is 0. The Bertz CT molecular complexity index is 533. The molecule has 2 heterocycles. The molecule has 0 bridgehead atoms. The molecule has 0 atom stereocenters. The van der Waals surface area contributed by atoms with Gasteiger partial charge in [0, 0.05) is 18.0 Å². The van der Waals surface area contributed by atoms with Crippen molar-refractivity contribution in [3.8, 4) is 0 Å². The molecule has 0 unspecified atom stereocenters. The maximum absolute atomic E-state index is 4.53. The van der Waals surface area contributed by atoms with Crippen LogP contribution in [-0.2, 0) is 0 Å². The third-order valence-corrected chi connectivity index (χ3v) is 4.52. The summed E-state index contributed by atoms with van der Waals surface area (Å²) in [4.78, 5) is 13.8. The molecule has 4 heteroatoms. The van der Waals surface area contributed by atoms with Crippen molar-refractivity contribution in [2.24, 2.45) is 0 Å². The van der Waals surface area contributed by atoms with E-state index in [0.717, 1.165) is 23.7 Å². The van der Waals surface area contributed by atoms with Gasteiger partial charge in [0.25, 0.3) is 0 Å². The first kappa shape index (κ1) is 13.3. The minimum absolute atomic E-state index is 1.00. The topological polar surface area (TPSA) is 29.0 Å². The fourth-order valence-electron chi connectivity index (χ4n) is 2.17. The Balaban J connectivity index is 2.48. The quantitative estimate of drug-likeness (QED) is 0.818. The first-order valence-electron chi connectivity index (χ1n) is 6.64. The van der Waals surface area contributed by atoms with Gasteiger partial charge in [-0.15, -0.1) is 11.3 Å². The second-order valence-corrected chi connectivity index (χ2v) is 5.80. The summed E-state index contributed by atoms with van der Waals surface area (Å²) >= 11 is 1.77. The van der Waals surface area contributed by atoms with E-state index in [2.05, 4.69) is 42.6 Å². The van der Waals surface area contributed by atoms with Crippen LogP contribution in [0.4, 0.5) is 5.82 Å². The molecule has 18 heavy (non-hydrogen) atoms. The molecule has 0 saturated carbocycles. The zero-order valence-corrected chi connectivity index (χ0v) is 12.5. The molecular weight excluding hydrogens is 242 g/mol. The highest BCUT2D eigenvalue weighted by Gasteiger charge is 2.15. The molecule has 0 aromatic carbocycles. The Kier molecular flexibility index (Phi) is 4.17. The zero-order chi connectivity index (χ0) is 13.1. The summed E-state index contributed by atoms with van der Waals surface area (Å²) in [6, 6.07) is 0. The van der Waals surface area contributed by atoms with E-state index >= 15 is 0 Å². The molecule has 0 aliphatic rings. The highest BCUT2D eigenvalue weighted by Crippen LogP contribution is 2.34. The summed E-state index contributed by atoms with van der Waals surface area (Å²) < 4.78 is 0. The van der Waals surface area contributed by atoms with Gasteiger partial charge in [0.15, 0.2) is 0 Å². The Morgan fingerprint density at radius 1 is 1.22 bits per heavy atom. The second-order valence-electron chi connectivity index (χ2n) is 4.59. The smallest absolute Gasteiger partial charge is 0.141 e. The van der Waals surface area contributed by atoms with Gasteiger partial charge in [0.05, 0.1) is 5.39 Å². The van der Waals surface area contributed by atoms with E-state index in [9.17, 15) is 0 Å². The highest BCUT2D eigenvalue weighted by molar-refractivity contribution is 7.18. The fourth-order valence-corrected chi connectivity index (χ4v) is 3.16. The summed E-state index contributed by atoms with van der Waals surface area (Å²) in [5.74, 6) is 1.11. The van der Waals surface area contributed by atoms with Crippen molar-refractivity contribution < 1.29 is 0 Å². The van der Waals surface area contributed by atoms with Crippen molar-refractivity contribution >= 4 is 27.4 Å². The van der Waals surface area contributed by atoms with Gasteiger partial charge in [-0.05, 0) is 32.8 Å². The van der Waals surface area contributed by atoms with Crippen molar-refractivity contribution in [2.45, 2.75) is 40.5 Å². The summed E-state index contributed by atoms with van der Waals surface area (Å²) in [5.41, 5.74) is 1.33. The van der Waals surface area contributed by atoms with Crippen molar-refractivity contribution in [3.05, 3.63) is 16.8 Å². The van der Waals surface area contributed by atoms with Crippen LogP contribution >= 0.6 is 11.3 Å². The maximum atomic E-state index is 4.53. The molecular formula is C14H21N3S. The molecule has 0 amide bonds. The number of unbranched alkanes of at least 4 members (excludes halogenated alkanes) is 1. The molecule has 0 radical (unpaired) electrons. The van der Waals surface area contributed by atoms with Gasteiger partial charge < -0.3 is 4.90 Å². The number of hydrogen-bond acceptors (Lipinski definition) is 4. The van der Waals surface area contributed by atoms with E-state index in [1.165, 1.54) is 28.7 Å². The Morgan fingerprint density at radius 3 is 2.67 bits per heavy atom. The first-order valence-corrected chi connectivity index (χ1v) is 7.46. The van der Waals surface area contributed by atoms with E-state index in [1.54, 1.807) is 17.7 Å². The lowest BCUT2D eigenvalue weighted by molar-refractivity contribution is 0.726. The maximum Gasteiger partial charge on any atom is 0.141 e. The van der Waals surface area contributed by atoms with Gasteiger partial charge in [-0.25, -0.2) is 9.97 Å². The third-order valence-electron chi connectivity index (χ3n) is 3.41. The summed E-state index contributed by atoms with van der Waals surface area (Å²) in [5, 5.41) is 1.25. The standard InChI is InChI=1S/C14H21N3S/c1-5-7-8-17(6-2)13-12-10(3)11(4)18-14(12)16-9-15-13/h9H,5-8H2,1-4H3. The van der Waals surface area contributed by atoms with Gasteiger partial charge >= 0.3 is 0 Å². The number of fused-ring (bicyclic) bond motifs is 1. The first-order chi connectivity index (χ1) is 8.69. The van der Waals surface area contributed by atoms with E-state index in [-0.39, 0.29) is 0 Å². The number of thiophene rings is 1. The fraction of sp³-hybridized carbons (Fsp3) is 0.571. The van der Waals surface area contributed by atoms with Crippen LogP contribution in [0.3, 0.4) is 0 Å². The Labute approximate surface area is 113 Å². The van der Waals surface area contributed by atoms with Gasteiger partial charge in [-0.2, -0.15) is 0 Å². The van der Waals surface area contributed by atoms with Crippen LogP contribution < -0.4 is 4.90 Å². The number of aryl methyl sites for hydroxylation is 2. The molecule has 3 nitrogen and oxygen atoms in total. The largest absolute Gasteiger partial charge is 0.356 e. The molecule has 2 aromatic rings. The van der Waals surface area contributed by atoms with Crippen molar-refractivity contribution in [1.29, 1.82) is 0 Å². The number of aromatic nitrogens is 2. The minimum atomic E-state index is 1.00. The molecule has 0 spiro atoms. The summed E-state index contributed by atoms with van der Waals surface area (Å²) in [6.45, 7) is 10.8. The highest BCUT2D eigenvalue weighted by atomic mass is 32.1. The van der Waals surface area contributed by atoms with Crippen LogP contribution in [0.15, 0.2) is 6.33 Å². The van der Waals surface area contributed by atoms with Gasteiger partial charge in [0.1, 0.15) is 17.0 Å². The van der Waals surface area contributed by atoms with Crippen molar-refractivity contribution in [2.75, 3.05) is 18.0 Å². The predicted molar refractivity (Wildman–Crippen MR) is 79.7 cm³/mol. The number of nitrogens with zero attached hydrogens (tertiary/aromatic N) is 3. The number of rotatable bonds is 5. The van der Waals surface area contributed by atoms with E-state index in [0.29, 0.717) is 0 Å². The number of hydrogen-bond donors (Lipinski definition) is 0. The van der Waals surface area contributed by atoms with Crippen LogP contribution in [0.2, 0.25) is 0 Å². The minimum Gasteiger partial charge on any atom is -0.356 e. The summed E-state index contributed by atoms with van der Waals surface area (Å²) in [6.07, 6.45) is 4.12.